The first-order valence-corrected chi connectivity index (χ1v) is 3.50. The molecule has 0 aliphatic rings. The van der Waals surface area contributed by atoms with Gasteiger partial charge in [0.1, 0.15) is 0 Å². The molecule has 0 radical (unpaired) electrons. The summed E-state index contributed by atoms with van der Waals surface area (Å²) in [6.45, 7) is 2.07. The number of rotatable bonds is 2. The van der Waals surface area contributed by atoms with Crippen LogP contribution in [0.2, 0.25) is 0 Å². The molecule has 1 aromatic rings. The highest BCUT2D eigenvalue weighted by molar-refractivity contribution is 5.85. The lowest BCUT2D eigenvalue weighted by molar-refractivity contribution is 0.695. The molecule has 1 unspecified atom stereocenters. The fourth-order valence-corrected chi connectivity index (χ4v) is 0.831. The van der Waals surface area contributed by atoms with Gasteiger partial charge in [0.05, 0.1) is 0 Å². The number of hydrogen-bond acceptors (Lipinski definition) is 2. The van der Waals surface area contributed by atoms with E-state index in [0.29, 0.717) is 0 Å². The van der Waals surface area contributed by atoms with Crippen LogP contribution in [0.1, 0.15) is 24.9 Å². The molecule has 11 heavy (non-hydrogen) atoms. The highest BCUT2D eigenvalue weighted by Crippen LogP contribution is 2.10. The molecule has 0 aromatic carbocycles. The van der Waals surface area contributed by atoms with Crippen LogP contribution in [0, 0.1) is 0 Å². The molecule has 0 aliphatic carbocycles. The molecule has 0 saturated heterocycles. The maximum absolute atomic E-state index is 5.75. The second-order valence-corrected chi connectivity index (χ2v) is 2.30. The van der Waals surface area contributed by atoms with Gasteiger partial charge in [-0.15, -0.1) is 12.4 Å². The Morgan fingerprint density at radius 3 is 2.82 bits per heavy atom. The van der Waals surface area contributed by atoms with E-state index in [1.165, 1.54) is 0 Å². The summed E-state index contributed by atoms with van der Waals surface area (Å²) in [6.07, 6.45) is 4.53. The van der Waals surface area contributed by atoms with Crippen LogP contribution in [-0.2, 0) is 0 Å². The summed E-state index contributed by atoms with van der Waals surface area (Å²) in [7, 11) is 0. The van der Waals surface area contributed by atoms with E-state index >= 15 is 0 Å². The van der Waals surface area contributed by atoms with Gasteiger partial charge in [-0.3, -0.25) is 4.98 Å². The Bertz CT molecular complexity index is 189. The van der Waals surface area contributed by atoms with Gasteiger partial charge < -0.3 is 5.73 Å². The van der Waals surface area contributed by atoms with Crippen LogP contribution in [0.15, 0.2) is 24.5 Å². The summed E-state index contributed by atoms with van der Waals surface area (Å²) in [5, 5.41) is 0. The van der Waals surface area contributed by atoms with Crippen molar-refractivity contribution in [2.45, 2.75) is 19.4 Å². The molecule has 1 rings (SSSR count). The van der Waals surface area contributed by atoms with Gasteiger partial charge in [0, 0.05) is 18.4 Å². The molecular weight excluding hydrogens is 160 g/mol. The fourth-order valence-electron chi connectivity index (χ4n) is 0.831. The maximum Gasteiger partial charge on any atom is 0.0315 e. The van der Waals surface area contributed by atoms with E-state index in [1.807, 2.05) is 18.3 Å². The predicted octanol–water partition coefficient (Wildman–Crippen LogP) is 1.91. The number of aromatic nitrogens is 1. The molecule has 1 atom stereocenters. The van der Waals surface area contributed by atoms with Gasteiger partial charge in [-0.05, 0) is 18.1 Å². The standard InChI is InChI=1S/C8H12N2.ClH/c1-2-8(9)7-4-3-5-10-6-7;/h3-6,8H,2,9H2,1H3;1H. The largest absolute Gasteiger partial charge is 0.324 e. The Hall–Kier alpha value is -0.600. The van der Waals surface area contributed by atoms with Gasteiger partial charge >= 0.3 is 0 Å². The first-order chi connectivity index (χ1) is 4.84. The minimum atomic E-state index is 0. The third-order valence-corrected chi connectivity index (χ3v) is 1.55. The summed E-state index contributed by atoms with van der Waals surface area (Å²) in [6, 6.07) is 4.06. The zero-order chi connectivity index (χ0) is 7.40. The van der Waals surface area contributed by atoms with Gasteiger partial charge in [-0.25, -0.2) is 0 Å². The molecule has 2 N–H and O–H groups in total. The molecule has 62 valence electrons. The summed E-state index contributed by atoms with van der Waals surface area (Å²) in [4.78, 5) is 3.97. The van der Waals surface area contributed by atoms with Gasteiger partial charge in [-0.1, -0.05) is 13.0 Å². The Morgan fingerprint density at radius 1 is 1.64 bits per heavy atom. The molecule has 0 fully saturated rings. The summed E-state index contributed by atoms with van der Waals surface area (Å²) >= 11 is 0. The lowest BCUT2D eigenvalue weighted by atomic mass is 10.1. The van der Waals surface area contributed by atoms with Crippen LogP contribution in [-0.4, -0.2) is 4.98 Å². The van der Waals surface area contributed by atoms with Crippen LogP contribution in [0.4, 0.5) is 0 Å². The van der Waals surface area contributed by atoms with E-state index in [-0.39, 0.29) is 18.4 Å². The van der Waals surface area contributed by atoms with Crippen molar-refractivity contribution in [3.05, 3.63) is 30.1 Å². The third kappa shape index (κ3) is 2.87. The Balaban J connectivity index is 0.000001000. The Kier molecular flexibility index (Phi) is 4.83. The van der Waals surface area contributed by atoms with Crippen molar-refractivity contribution < 1.29 is 0 Å². The summed E-state index contributed by atoms with van der Waals surface area (Å²) in [5.41, 5.74) is 6.87. The monoisotopic (exact) mass is 172 g/mol. The lowest BCUT2D eigenvalue weighted by Gasteiger charge is -2.06. The van der Waals surface area contributed by atoms with E-state index < -0.39 is 0 Å². The van der Waals surface area contributed by atoms with Gasteiger partial charge in [0.25, 0.3) is 0 Å². The summed E-state index contributed by atoms with van der Waals surface area (Å²) in [5.74, 6) is 0. The van der Waals surface area contributed by atoms with Crippen molar-refractivity contribution in [3.8, 4) is 0 Å². The molecule has 1 aromatic heterocycles. The minimum Gasteiger partial charge on any atom is -0.324 e. The van der Waals surface area contributed by atoms with Crippen LogP contribution in [0.5, 0.6) is 0 Å². The molecule has 3 heteroatoms. The smallest absolute Gasteiger partial charge is 0.0315 e. The predicted molar refractivity (Wildman–Crippen MR) is 48.7 cm³/mol. The topological polar surface area (TPSA) is 38.9 Å². The van der Waals surface area contributed by atoms with Crippen LogP contribution < -0.4 is 5.73 Å². The zero-order valence-corrected chi connectivity index (χ0v) is 7.34. The molecule has 1 heterocycles. The number of nitrogens with two attached hydrogens (primary N) is 1. The highest BCUT2D eigenvalue weighted by atomic mass is 35.5. The van der Waals surface area contributed by atoms with E-state index in [0.717, 1.165) is 12.0 Å². The van der Waals surface area contributed by atoms with E-state index in [4.69, 9.17) is 5.73 Å². The van der Waals surface area contributed by atoms with Crippen LogP contribution in [0.25, 0.3) is 0 Å². The Morgan fingerprint density at radius 2 is 2.36 bits per heavy atom. The van der Waals surface area contributed by atoms with Gasteiger partial charge in [0.2, 0.25) is 0 Å². The van der Waals surface area contributed by atoms with E-state index in [1.54, 1.807) is 6.20 Å². The molecule has 0 amide bonds. The first-order valence-electron chi connectivity index (χ1n) is 3.50. The van der Waals surface area contributed by atoms with Crippen LogP contribution >= 0.6 is 12.4 Å². The molecule has 0 spiro atoms. The van der Waals surface area contributed by atoms with Crippen molar-refractivity contribution in [1.82, 2.24) is 4.98 Å². The van der Waals surface area contributed by atoms with Crippen molar-refractivity contribution in [2.75, 3.05) is 0 Å². The number of nitrogens with zero attached hydrogens (tertiary/aromatic N) is 1. The average Bonchev–Trinajstić information content (AvgIpc) is 2.05. The van der Waals surface area contributed by atoms with Crippen molar-refractivity contribution in [3.63, 3.8) is 0 Å². The first kappa shape index (κ1) is 10.4. The van der Waals surface area contributed by atoms with E-state index in [2.05, 4.69) is 11.9 Å². The van der Waals surface area contributed by atoms with Crippen molar-refractivity contribution >= 4 is 12.4 Å². The quantitative estimate of drug-likeness (QED) is 0.741. The lowest BCUT2D eigenvalue weighted by Crippen LogP contribution is -2.08. The average molecular weight is 173 g/mol. The van der Waals surface area contributed by atoms with Gasteiger partial charge in [0.15, 0.2) is 0 Å². The number of hydrogen-bond donors (Lipinski definition) is 1. The SMILES string of the molecule is CCC(N)c1cccnc1.Cl. The summed E-state index contributed by atoms with van der Waals surface area (Å²) < 4.78 is 0. The normalized spacial score (nSPS) is 11.8. The number of pyridine rings is 1. The third-order valence-electron chi connectivity index (χ3n) is 1.55. The molecular formula is C8H13ClN2. The molecule has 0 aliphatic heterocycles. The highest BCUT2D eigenvalue weighted by Gasteiger charge is 1.99. The zero-order valence-electron chi connectivity index (χ0n) is 6.53. The maximum atomic E-state index is 5.75. The fraction of sp³-hybridized carbons (Fsp3) is 0.375. The van der Waals surface area contributed by atoms with E-state index in [9.17, 15) is 0 Å². The van der Waals surface area contributed by atoms with Crippen molar-refractivity contribution in [1.29, 1.82) is 0 Å². The second kappa shape index (κ2) is 5.10. The van der Waals surface area contributed by atoms with Crippen LogP contribution in [0.3, 0.4) is 0 Å². The molecule has 0 saturated carbocycles. The number of halogens is 1. The molecule has 0 bridgehead atoms. The second-order valence-electron chi connectivity index (χ2n) is 2.30. The minimum absolute atomic E-state index is 0. The van der Waals surface area contributed by atoms with Crippen molar-refractivity contribution in [2.24, 2.45) is 5.73 Å². The van der Waals surface area contributed by atoms with Gasteiger partial charge in [-0.2, -0.15) is 0 Å². The molecule has 2 nitrogen and oxygen atoms in total. The Labute approximate surface area is 73.2 Å².